The summed E-state index contributed by atoms with van der Waals surface area (Å²) in [7, 11) is 0. The smallest absolute Gasteiger partial charge is 0.404 e. The van der Waals surface area contributed by atoms with Gasteiger partial charge < -0.3 is 14.9 Å². The standard InChI is InChI=1S/C12H11FN2O4/c13-7-3-4-8-10(6-7)19-11(15-8)9(16)2-1-5-18-12(14)17/h3-4,6H,1-2,5H2,(H2,14,17). The van der Waals surface area contributed by atoms with Crippen LogP contribution in [0.5, 0.6) is 0 Å². The summed E-state index contributed by atoms with van der Waals surface area (Å²) in [5.74, 6) is -0.887. The van der Waals surface area contributed by atoms with E-state index in [0.29, 0.717) is 11.9 Å². The van der Waals surface area contributed by atoms with Gasteiger partial charge in [0.2, 0.25) is 5.78 Å². The van der Waals surface area contributed by atoms with Gasteiger partial charge in [-0.25, -0.2) is 14.2 Å². The maximum Gasteiger partial charge on any atom is 0.404 e. The molecule has 0 saturated heterocycles. The minimum absolute atomic E-state index is 0.0515. The number of hydrogen-bond donors (Lipinski definition) is 1. The molecule has 0 spiro atoms. The van der Waals surface area contributed by atoms with Gasteiger partial charge in [0.1, 0.15) is 11.3 Å². The number of benzene rings is 1. The van der Waals surface area contributed by atoms with Crippen LogP contribution in [0.1, 0.15) is 23.5 Å². The Morgan fingerprint density at radius 2 is 2.21 bits per heavy atom. The number of carbonyl (C=O) groups excluding carboxylic acids is 2. The number of Topliss-reactive ketones (excluding diaryl/α,β-unsaturated/α-hetero) is 1. The van der Waals surface area contributed by atoms with E-state index < -0.39 is 11.9 Å². The molecule has 1 amide bonds. The number of carbonyl (C=O) groups is 2. The van der Waals surface area contributed by atoms with Crippen molar-refractivity contribution >= 4 is 23.0 Å². The highest BCUT2D eigenvalue weighted by molar-refractivity contribution is 5.94. The van der Waals surface area contributed by atoms with Gasteiger partial charge in [0.25, 0.3) is 5.89 Å². The molecule has 7 heteroatoms. The van der Waals surface area contributed by atoms with Gasteiger partial charge in [0.15, 0.2) is 5.58 Å². The lowest BCUT2D eigenvalue weighted by molar-refractivity contribution is 0.0932. The Morgan fingerprint density at radius 1 is 1.42 bits per heavy atom. The van der Waals surface area contributed by atoms with E-state index in [-0.39, 0.29) is 30.3 Å². The van der Waals surface area contributed by atoms with Crippen LogP contribution in [0.25, 0.3) is 11.1 Å². The summed E-state index contributed by atoms with van der Waals surface area (Å²) >= 11 is 0. The molecule has 0 aliphatic heterocycles. The van der Waals surface area contributed by atoms with E-state index in [1.807, 2.05) is 0 Å². The second-order valence-corrected chi connectivity index (χ2v) is 3.83. The van der Waals surface area contributed by atoms with Crippen LogP contribution in [0.2, 0.25) is 0 Å². The SMILES string of the molecule is NC(=O)OCCCC(=O)c1nc2ccc(F)cc2o1. The quantitative estimate of drug-likeness (QED) is 0.659. The second kappa shape index (κ2) is 5.47. The van der Waals surface area contributed by atoms with Gasteiger partial charge in [0, 0.05) is 12.5 Å². The third kappa shape index (κ3) is 3.27. The van der Waals surface area contributed by atoms with Gasteiger partial charge in [-0.3, -0.25) is 4.79 Å². The van der Waals surface area contributed by atoms with Crippen LogP contribution < -0.4 is 5.73 Å². The lowest BCUT2D eigenvalue weighted by Crippen LogP contribution is -2.14. The molecule has 2 rings (SSSR count). The molecule has 1 aromatic carbocycles. The van der Waals surface area contributed by atoms with E-state index in [1.165, 1.54) is 12.1 Å². The molecule has 0 bridgehead atoms. The highest BCUT2D eigenvalue weighted by atomic mass is 19.1. The van der Waals surface area contributed by atoms with Crippen molar-refractivity contribution < 1.29 is 23.1 Å². The first-order chi connectivity index (χ1) is 9.06. The number of amides is 1. The Hall–Kier alpha value is -2.44. The van der Waals surface area contributed by atoms with Crippen LogP contribution in [-0.2, 0) is 4.74 Å². The number of nitrogens with zero attached hydrogens (tertiary/aromatic N) is 1. The lowest BCUT2D eigenvalue weighted by atomic mass is 10.2. The molecule has 0 fully saturated rings. The van der Waals surface area contributed by atoms with Crippen LogP contribution in [-0.4, -0.2) is 23.5 Å². The first kappa shape index (κ1) is 13.0. The second-order valence-electron chi connectivity index (χ2n) is 3.83. The predicted molar refractivity (Wildman–Crippen MR) is 63.1 cm³/mol. The number of hydrogen-bond acceptors (Lipinski definition) is 5. The zero-order valence-corrected chi connectivity index (χ0v) is 9.89. The average Bonchev–Trinajstić information content (AvgIpc) is 2.77. The highest BCUT2D eigenvalue weighted by Gasteiger charge is 2.14. The molecule has 6 nitrogen and oxygen atoms in total. The van der Waals surface area contributed by atoms with Gasteiger partial charge in [-0.15, -0.1) is 0 Å². The maximum absolute atomic E-state index is 12.9. The third-order valence-electron chi connectivity index (χ3n) is 2.38. The van der Waals surface area contributed by atoms with Crippen molar-refractivity contribution in [2.45, 2.75) is 12.8 Å². The molecular weight excluding hydrogens is 255 g/mol. The number of aromatic nitrogens is 1. The van der Waals surface area contributed by atoms with Crippen molar-refractivity contribution in [3.05, 3.63) is 29.9 Å². The lowest BCUT2D eigenvalue weighted by Gasteiger charge is -1.98. The molecule has 0 atom stereocenters. The Balaban J connectivity index is 1.99. The predicted octanol–water partition coefficient (Wildman–Crippen LogP) is 2.03. The molecule has 0 saturated carbocycles. The summed E-state index contributed by atoms with van der Waals surface area (Å²) < 4.78 is 22.6. The van der Waals surface area contributed by atoms with Gasteiger partial charge >= 0.3 is 6.09 Å². The Morgan fingerprint density at radius 3 is 2.95 bits per heavy atom. The van der Waals surface area contributed by atoms with E-state index in [9.17, 15) is 14.0 Å². The van der Waals surface area contributed by atoms with Crippen LogP contribution in [0.15, 0.2) is 22.6 Å². The molecule has 1 aromatic heterocycles. The van der Waals surface area contributed by atoms with Gasteiger partial charge in [0.05, 0.1) is 6.61 Å². The largest absolute Gasteiger partial charge is 0.450 e. The summed E-state index contributed by atoms with van der Waals surface area (Å²) in [5.41, 5.74) is 5.41. The van der Waals surface area contributed by atoms with E-state index in [4.69, 9.17) is 10.2 Å². The Kier molecular flexibility index (Phi) is 3.74. The number of rotatable bonds is 5. The van der Waals surface area contributed by atoms with Crippen LogP contribution >= 0.6 is 0 Å². The van der Waals surface area contributed by atoms with Crippen molar-refractivity contribution in [1.29, 1.82) is 0 Å². The number of fused-ring (bicyclic) bond motifs is 1. The first-order valence-corrected chi connectivity index (χ1v) is 5.58. The fraction of sp³-hybridized carbons (Fsp3) is 0.250. The van der Waals surface area contributed by atoms with Crippen molar-refractivity contribution in [3.63, 3.8) is 0 Å². The molecule has 0 aliphatic rings. The summed E-state index contributed by atoms with van der Waals surface area (Å²) in [4.78, 5) is 26.0. The number of ether oxygens (including phenoxy) is 1. The molecule has 19 heavy (non-hydrogen) atoms. The molecule has 1 heterocycles. The topological polar surface area (TPSA) is 95.4 Å². The Labute approximate surface area is 107 Å². The van der Waals surface area contributed by atoms with Gasteiger partial charge in [-0.1, -0.05) is 0 Å². The summed E-state index contributed by atoms with van der Waals surface area (Å²) in [6.07, 6.45) is -0.470. The zero-order chi connectivity index (χ0) is 13.8. The number of halogens is 1. The fourth-order valence-electron chi connectivity index (χ4n) is 1.53. The molecule has 0 unspecified atom stereocenters. The number of primary amides is 1. The Bertz CT molecular complexity index is 623. The average molecular weight is 266 g/mol. The molecule has 2 aromatic rings. The fourth-order valence-corrected chi connectivity index (χ4v) is 1.53. The normalized spacial score (nSPS) is 10.6. The number of nitrogens with two attached hydrogens (primary N) is 1. The third-order valence-corrected chi connectivity index (χ3v) is 2.38. The van der Waals surface area contributed by atoms with Crippen LogP contribution in [0.3, 0.4) is 0 Å². The van der Waals surface area contributed by atoms with E-state index in [2.05, 4.69) is 9.72 Å². The molecule has 100 valence electrons. The van der Waals surface area contributed by atoms with E-state index >= 15 is 0 Å². The number of ketones is 1. The van der Waals surface area contributed by atoms with E-state index in [0.717, 1.165) is 6.07 Å². The molecule has 0 aliphatic carbocycles. The molecule has 0 radical (unpaired) electrons. The van der Waals surface area contributed by atoms with Crippen molar-refractivity contribution in [2.75, 3.05) is 6.61 Å². The maximum atomic E-state index is 12.9. The summed E-state index contributed by atoms with van der Waals surface area (Å²) in [6, 6.07) is 3.83. The van der Waals surface area contributed by atoms with Crippen LogP contribution in [0, 0.1) is 5.82 Å². The summed E-state index contributed by atoms with van der Waals surface area (Å²) in [6.45, 7) is 0.0515. The van der Waals surface area contributed by atoms with Crippen molar-refractivity contribution in [1.82, 2.24) is 4.98 Å². The van der Waals surface area contributed by atoms with Crippen molar-refractivity contribution in [3.8, 4) is 0 Å². The van der Waals surface area contributed by atoms with E-state index in [1.54, 1.807) is 0 Å². The van der Waals surface area contributed by atoms with Crippen molar-refractivity contribution in [2.24, 2.45) is 5.73 Å². The monoisotopic (exact) mass is 266 g/mol. The highest BCUT2D eigenvalue weighted by Crippen LogP contribution is 2.17. The number of oxazole rings is 1. The van der Waals surface area contributed by atoms with Gasteiger partial charge in [-0.2, -0.15) is 0 Å². The van der Waals surface area contributed by atoms with Crippen LogP contribution in [0.4, 0.5) is 9.18 Å². The molecule has 2 N–H and O–H groups in total. The minimum Gasteiger partial charge on any atom is -0.450 e. The minimum atomic E-state index is -0.884. The molecular formula is C12H11FN2O4. The zero-order valence-electron chi connectivity index (χ0n) is 9.89. The van der Waals surface area contributed by atoms with Gasteiger partial charge in [-0.05, 0) is 18.6 Å². The summed E-state index contributed by atoms with van der Waals surface area (Å²) in [5, 5.41) is 0. The first-order valence-electron chi connectivity index (χ1n) is 5.58.